The van der Waals surface area contributed by atoms with E-state index in [-0.39, 0.29) is 11.5 Å². The average Bonchev–Trinajstić information content (AvgIpc) is 2.69. The molecule has 0 aliphatic carbocycles. The van der Waals surface area contributed by atoms with E-state index >= 15 is 0 Å². The SMILES string of the molecule is CC(C)Oc1cc2c(cn1)c(=O)cc(Nc1ccccc1)n2-c1ccccc1. The van der Waals surface area contributed by atoms with E-state index in [1.807, 2.05) is 85.1 Å². The van der Waals surface area contributed by atoms with Crippen molar-refractivity contribution in [2.45, 2.75) is 20.0 Å². The number of nitrogens with zero attached hydrogens (tertiary/aromatic N) is 2. The Bertz CT molecular complexity index is 1150. The number of anilines is 2. The number of benzene rings is 2. The Hall–Kier alpha value is -3.60. The lowest BCUT2D eigenvalue weighted by atomic mass is 10.2. The summed E-state index contributed by atoms with van der Waals surface area (Å²) in [6.07, 6.45) is 1.58. The van der Waals surface area contributed by atoms with Gasteiger partial charge in [-0.2, -0.15) is 0 Å². The van der Waals surface area contributed by atoms with Gasteiger partial charge in [0.05, 0.1) is 17.0 Å². The summed E-state index contributed by atoms with van der Waals surface area (Å²) in [5.41, 5.74) is 2.48. The first-order valence-corrected chi connectivity index (χ1v) is 9.22. The van der Waals surface area contributed by atoms with Crippen molar-refractivity contribution < 1.29 is 4.74 Å². The van der Waals surface area contributed by atoms with Gasteiger partial charge in [0, 0.05) is 29.7 Å². The Labute approximate surface area is 163 Å². The Balaban J connectivity index is 1.98. The molecule has 5 heteroatoms. The number of aromatic nitrogens is 2. The van der Waals surface area contributed by atoms with Crippen LogP contribution in [0.4, 0.5) is 11.5 Å². The summed E-state index contributed by atoms with van der Waals surface area (Å²) in [7, 11) is 0. The van der Waals surface area contributed by atoms with Crippen LogP contribution in [0.25, 0.3) is 16.6 Å². The maximum atomic E-state index is 12.8. The van der Waals surface area contributed by atoms with Gasteiger partial charge in [-0.25, -0.2) is 4.98 Å². The van der Waals surface area contributed by atoms with E-state index in [0.29, 0.717) is 17.1 Å². The van der Waals surface area contributed by atoms with Gasteiger partial charge in [0.25, 0.3) is 0 Å². The summed E-state index contributed by atoms with van der Waals surface area (Å²) in [6, 6.07) is 23.1. The number of ether oxygens (including phenoxy) is 1. The third kappa shape index (κ3) is 3.60. The summed E-state index contributed by atoms with van der Waals surface area (Å²) in [5, 5.41) is 3.91. The fourth-order valence-corrected chi connectivity index (χ4v) is 3.12. The molecule has 2 aromatic carbocycles. The van der Waals surface area contributed by atoms with Gasteiger partial charge in [0.2, 0.25) is 5.88 Å². The fourth-order valence-electron chi connectivity index (χ4n) is 3.12. The molecule has 0 unspecified atom stereocenters. The smallest absolute Gasteiger partial charge is 0.215 e. The molecule has 140 valence electrons. The lowest BCUT2D eigenvalue weighted by molar-refractivity contribution is 0.233. The lowest BCUT2D eigenvalue weighted by Crippen LogP contribution is -2.14. The molecule has 0 atom stereocenters. The van der Waals surface area contributed by atoms with E-state index in [1.54, 1.807) is 12.3 Å². The molecule has 4 rings (SSSR count). The number of fused-ring (bicyclic) bond motifs is 1. The van der Waals surface area contributed by atoms with Crippen LogP contribution in [0.15, 0.2) is 83.8 Å². The third-order valence-electron chi connectivity index (χ3n) is 4.29. The lowest BCUT2D eigenvalue weighted by Gasteiger charge is -2.19. The van der Waals surface area contributed by atoms with E-state index in [0.717, 1.165) is 16.9 Å². The van der Waals surface area contributed by atoms with Crippen LogP contribution in [-0.4, -0.2) is 15.7 Å². The molecule has 28 heavy (non-hydrogen) atoms. The van der Waals surface area contributed by atoms with Gasteiger partial charge in [0.1, 0.15) is 5.82 Å². The zero-order valence-corrected chi connectivity index (χ0v) is 15.8. The first kappa shape index (κ1) is 17.8. The largest absolute Gasteiger partial charge is 0.475 e. The second-order valence-corrected chi connectivity index (χ2v) is 6.76. The highest BCUT2D eigenvalue weighted by Gasteiger charge is 2.13. The molecule has 0 bridgehead atoms. The summed E-state index contributed by atoms with van der Waals surface area (Å²) >= 11 is 0. The van der Waals surface area contributed by atoms with E-state index in [4.69, 9.17) is 4.74 Å². The topological polar surface area (TPSA) is 56.1 Å². The monoisotopic (exact) mass is 371 g/mol. The Morgan fingerprint density at radius 2 is 1.64 bits per heavy atom. The third-order valence-corrected chi connectivity index (χ3v) is 4.29. The number of hydrogen-bond acceptors (Lipinski definition) is 4. The molecule has 0 fully saturated rings. The van der Waals surface area contributed by atoms with Crippen LogP contribution in [0.1, 0.15) is 13.8 Å². The highest BCUT2D eigenvalue weighted by molar-refractivity contribution is 5.84. The van der Waals surface area contributed by atoms with Gasteiger partial charge < -0.3 is 10.1 Å². The van der Waals surface area contributed by atoms with E-state index in [2.05, 4.69) is 10.3 Å². The maximum Gasteiger partial charge on any atom is 0.215 e. The molecule has 5 nitrogen and oxygen atoms in total. The molecule has 0 amide bonds. The average molecular weight is 371 g/mol. The molecule has 0 saturated heterocycles. The van der Waals surface area contributed by atoms with Crippen LogP contribution in [0.3, 0.4) is 0 Å². The van der Waals surface area contributed by atoms with E-state index in [1.165, 1.54) is 0 Å². The number of nitrogens with one attached hydrogen (secondary N) is 1. The van der Waals surface area contributed by atoms with Crippen LogP contribution in [0, 0.1) is 0 Å². The molecule has 2 heterocycles. The molecule has 0 aliphatic heterocycles. The number of rotatable bonds is 5. The molecule has 2 aromatic heterocycles. The zero-order chi connectivity index (χ0) is 19.5. The second kappa shape index (κ2) is 7.56. The van der Waals surface area contributed by atoms with Crippen LogP contribution in [0.5, 0.6) is 5.88 Å². The van der Waals surface area contributed by atoms with E-state index in [9.17, 15) is 4.79 Å². The Kier molecular flexibility index (Phi) is 4.81. The van der Waals surface area contributed by atoms with Crippen LogP contribution >= 0.6 is 0 Å². The van der Waals surface area contributed by atoms with Crippen LogP contribution in [0.2, 0.25) is 0 Å². The fraction of sp³-hybridized carbons (Fsp3) is 0.130. The first-order valence-electron chi connectivity index (χ1n) is 9.22. The quantitative estimate of drug-likeness (QED) is 0.541. The van der Waals surface area contributed by atoms with Crippen molar-refractivity contribution in [1.82, 2.24) is 9.55 Å². The number of para-hydroxylation sites is 2. The molecule has 0 aliphatic rings. The van der Waals surface area contributed by atoms with Crippen molar-refractivity contribution in [2.24, 2.45) is 0 Å². The highest BCUT2D eigenvalue weighted by Crippen LogP contribution is 2.26. The van der Waals surface area contributed by atoms with Crippen LogP contribution < -0.4 is 15.5 Å². The minimum absolute atomic E-state index is 0.00697. The molecule has 0 spiro atoms. The Morgan fingerprint density at radius 3 is 2.32 bits per heavy atom. The summed E-state index contributed by atoms with van der Waals surface area (Å²) in [6.45, 7) is 3.90. The molecule has 1 N–H and O–H groups in total. The highest BCUT2D eigenvalue weighted by atomic mass is 16.5. The van der Waals surface area contributed by atoms with Crippen molar-refractivity contribution >= 4 is 22.4 Å². The van der Waals surface area contributed by atoms with Crippen molar-refractivity contribution in [3.05, 3.63) is 89.2 Å². The zero-order valence-electron chi connectivity index (χ0n) is 15.8. The predicted molar refractivity (Wildman–Crippen MR) is 113 cm³/mol. The van der Waals surface area contributed by atoms with Crippen molar-refractivity contribution in [1.29, 1.82) is 0 Å². The van der Waals surface area contributed by atoms with Gasteiger partial charge in [-0.3, -0.25) is 9.36 Å². The molecule has 0 saturated carbocycles. The van der Waals surface area contributed by atoms with Gasteiger partial charge in [0.15, 0.2) is 5.43 Å². The number of pyridine rings is 2. The van der Waals surface area contributed by atoms with Gasteiger partial charge >= 0.3 is 0 Å². The summed E-state index contributed by atoms with van der Waals surface area (Å²) in [4.78, 5) is 17.1. The normalized spacial score (nSPS) is 11.0. The summed E-state index contributed by atoms with van der Waals surface area (Å²) < 4.78 is 7.78. The molecule has 0 radical (unpaired) electrons. The van der Waals surface area contributed by atoms with E-state index < -0.39 is 0 Å². The van der Waals surface area contributed by atoms with Gasteiger partial charge in [-0.1, -0.05) is 36.4 Å². The van der Waals surface area contributed by atoms with Gasteiger partial charge in [-0.15, -0.1) is 0 Å². The van der Waals surface area contributed by atoms with Gasteiger partial charge in [-0.05, 0) is 38.1 Å². The minimum atomic E-state index is -0.0933. The molecular weight excluding hydrogens is 350 g/mol. The summed E-state index contributed by atoms with van der Waals surface area (Å²) in [5.74, 6) is 1.17. The Morgan fingerprint density at radius 1 is 0.964 bits per heavy atom. The maximum absolute atomic E-state index is 12.8. The minimum Gasteiger partial charge on any atom is -0.475 e. The van der Waals surface area contributed by atoms with Crippen molar-refractivity contribution in [3.63, 3.8) is 0 Å². The second-order valence-electron chi connectivity index (χ2n) is 6.76. The molecule has 4 aromatic rings. The standard InChI is InChI=1S/C23H21N3O2/c1-16(2)28-23-13-20-19(15-24-23)21(27)14-22(25-17-9-5-3-6-10-17)26(20)18-11-7-4-8-12-18/h3-16,25H,1-2H3. The number of hydrogen-bond donors (Lipinski definition) is 1. The first-order chi connectivity index (χ1) is 13.6. The predicted octanol–water partition coefficient (Wildman–Crippen LogP) is 4.92. The van der Waals surface area contributed by atoms with Crippen molar-refractivity contribution in [2.75, 3.05) is 5.32 Å². The van der Waals surface area contributed by atoms with Crippen molar-refractivity contribution in [3.8, 4) is 11.6 Å². The van der Waals surface area contributed by atoms with Crippen LogP contribution in [-0.2, 0) is 0 Å². The molecular formula is C23H21N3O2.